The van der Waals surface area contributed by atoms with Gasteiger partial charge in [0.2, 0.25) is 0 Å². The first-order valence-corrected chi connectivity index (χ1v) is 10.8. The second-order valence-electron chi connectivity index (χ2n) is 6.56. The molecule has 5 nitrogen and oxygen atoms in total. The van der Waals surface area contributed by atoms with Crippen LogP contribution in [0.15, 0.2) is 70.4 Å². The highest BCUT2D eigenvalue weighted by atomic mass is 35.5. The van der Waals surface area contributed by atoms with E-state index in [9.17, 15) is 10.1 Å². The number of dihydropyridines is 1. The van der Waals surface area contributed by atoms with E-state index in [0.29, 0.717) is 33.3 Å². The molecule has 0 fully saturated rings. The van der Waals surface area contributed by atoms with Gasteiger partial charge in [0.15, 0.2) is 0 Å². The molecule has 0 spiro atoms. The number of anilines is 1. The fraction of sp³-hybridized carbons (Fsp3) is 0.217. The topological polar surface area (TPSA) is 74.2 Å². The summed E-state index contributed by atoms with van der Waals surface area (Å²) in [6.45, 7) is 3.85. The molecule has 1 atom stereocenters. The van der Waals surface area contributed by atoms with E-state index >= 15 is 0 Å². The van der Waals surface area contributed by atoms with Crippen molar-refractivity contribution in [3.05, 3.63) is 81.0 Å². The molecule has 0 bridgehead atoms. The van der Waals surface area contributed by atoms with E-state index in [4.69, 9.17) is 16.3 Å². The standard InChI is InChI=1S/C23H22ClN3O2S/c1-4-30-23-16(13-25)21(15-9-5-6-10-17(15)24)20(14(2)26-23)22(28)27-18-11-7-8-12-19(18)29-3/h5-12,21,26H,4H2,1-3H3,(H,27,28)/t21-/m0/s1. The van der Waals surface area contributed by atoms with Crippen LogP contribution in [0.25, 0.3) is 0 Å². The van der Waals surface area contributed by atoms with Gasteiger partial charge in [0.05, 0.1) is 35.4 Å². The molecule has 1 aliphatic rings. The van der Waals surface area contributed by atoms with Gasteiger partial charge in [-0.15, -0.1) is 11.8 Å². The fourth-order valence-electron chi connectivity index (χ4n) is 3.43. The smallest absolute Gasteiger partial charge is 0.254 e. The van der Waals surface area contributed by atoms with E-state index in [1.807, 2.05) is 44.2 Å². The van der Waals surface area contributed by atoms with Gasteiger partial charge in [0, 0.05) is 16.3 Å². The Morgan fingerprint density at radius 1 is 1.27 bits per heavy atom. The summed E-state index contributed by atoms with van der Waals surface area (Å²) in [4.78, 5) is 13.4. The summed E-state index contributed by atoms with van der Waals surface area (Å²) in [5.41, 5.74) is 2.88. The minimum absolute atomic E-state index is 0.317. The number of halogens is 1. The number of para-hydroxylation sites is 2. The first kappa shape index (κ1) is 21.8. The zero-order valence-corrected chi connectivity index (χ0v) is 18.5. The van der Waals surface area contributed by atoms with Gasteiger partial charge >= 0.3 is 0 Å². The minimum Gasteiger partial charge on any atom is -0.495 e. The van der Waals surface area contributed by atoms with Gasteiger partial charge in [0.25, 0.3) is 5.91 Å². The maximum Gasteiger partial charge on any atom is 0.254 e. The average Bonchev–Trinajstić information content (AvgIpc) is 2.74. The Hall–Kier alpha value is -2.88. The zero-order valence-electron chi connectivity index (χ0n) is 17.0. The molecule has 0 radical (unpaired) electrons. The van der Waals surface area contributed by atoms with Crippen LogP contribution in [0.4, 0.5) is 5.69 Å². The number of thioether (sulfide) groups is 1. The highest BCUT2D eigenvalue weighted by Crippen LogP contribution is 2.43. The number of carbonyl (C=O) groups is 1. The van der Waals surface area contributed by atoms with Crippen molar-refractivity contribution < 1.29 is 9.53 Å². The van der Waals surface area contributed by atoms with Crippen LogP contribution in [0.3, 0.4) is 0 Å². The van der Waals surface area contributed by atoms with Crippen LogP contribution in [0.5, 0.6) is 5.75 Å². The third kappa shape index (κ3) is 4.33. The number of nitrogens with one attached hydrogen (secondary N) is 2. The van der Waals surface area contributed by atoms with Crippen molar-refractivity contribution in [2.45, 2.75) is 19.8 Å². The molecule has 30 heavy (non-hydrogen) atoms. The van der Waals surface area contributed by atoms with Gasteiger partial charge in [-0.05, 0) is 36.4 Å². The predicted molar refractivity (Wildman–Crippen MR) is 122 cm³/mol. The Morgan fingerprint density at radius 2 is 1.97 bits per heavy atom. The van der Waals surface area contributed by atoms with Gasteiger partial charge in [-0.2, -0.15) is 5.26 Å². The number of ether oxygens (including phenoxy) is 1. The Morgan fingerprint density at radius 3 is 2.63 bits per heavy atom. The molecule has 154 valence electrons. The van der Waals surface area contributed by atoms with Crippen molar-refractivity contribution in [2.75, 3.05) is 18.2 Å². The first-order chi connectivity index (χ1) is 14.5. The lowest BCUT2D eigenvalue weighted by atomic mass is 9.82. The summed E-state index contributed by atoms with van der Waals surface area (Å²) in [6.07, 6.45) is 0. The fourth-order valence-corrected chi connectivity index (χ4v) is 4.51. The third-order valence-corrected chi connectivity index (χ3v) is 6.00. The quantitative estimate of drug-likeness (QED) is 0.627. The van der Waals surface area contributed by atoms with Gasteiger partial charge in [0.1, 0.15) is 5.75 Å². The maximum atomic E-state index is 13.4. The van der Waals surface area contributed by atoms with E-state index in [2.05, 4.69) is 16.7 Å². The van der Waals surface area contributed by atoms with Crippen molar-refractivity contribution >= 4 is 35.0 Å². The van der Waals surface area contributed by atoms with Gasteiger partial charge in [-0.3, -0.25) is 4.79 Å². The monoisotopic (exact) mass is 439 g/mol. The van der Waals surface area contributed by atoms with E-state index in [1.54, 1.807) is 25.3 Å². The lowest BCUT2D eigenvalue weighted by molar-refractivity contribution is -0.113. The Bertz CT molecular complexity index is 1070. The van der Waals surface area contributed by atoms with Gasteiger partial charge < -0.3 is 15.4 Å². The largest absolute Gasteiger partial charge is 0.495 e. The number of amides is 1. The Kier molecular flexibility index (Phi) is 7.09. The molecule has 7 heteroatoms. The van der Waals surface area contributed by atoms with Crippen LogP contribution in [-0.2, 0) is 4.79 Å². The molecule has 1 aliphatic heterocycles. The number of carbonyl (C=O) groups excluding carboxylic acids is 1. The zero-order chi connectivity index (χ0) is 21.7. The van der Waals surface area contributed by atoms with Crippen LogP contribution in [0, 0.1) is 11.3 Å². The maximum absolute atomic E-state index is 13.4. The summed E-state index contributed by atoms with van der Waals surface area (Å²) < 4.78 is 5.35. The van der Waals surface area contributed by atoms with Crippen LogP contribution in [0.2, 0.25) is 5.02 Å². The lowest BCUT2D eigenvalue weighted by Crippen LogP contribution is -2.31. The number of hydrogen-bond acceptors (Lipinski definition) is 5. The molecule has 0 unspecified atom stereocenters. The van der Waals surface area contributed by atoms with Gasteiger partial charge in [-0.25, -0.2) is 0 Å². The summed E-state index contributed by atoms with van der Waals surface area (Å²) in [7, 11) is 1.55. The molecular weight excluding hydrogens is 418 g/mol. The number of allylic oxidation sites excluding steroid dienone is 2. The minimum atomic E-state index is -0.575. The number of rotatable bonds is 6. The van der Waals surface area contributed by atoms with Crippen molar-refractivity contribution in [2.24, 2.45) is 0 Å². The highest BCUT2D eigenvalue weighted by molar-refractivity contribution is 8.03. The number of hydrogen-bond donors (Lipinski definition) is 2. The summed E-state index contributed by atoms with van der Waals surface area (Å²) in [5, 5.41) is 17.4. The highest BCUT2D eigenvalue weighted by Gasteiger charge is 2.35. The van der Waals surface area contributed by atoms with E-state index < -0.39 is 5.92 Å². The number of benzene rings is 2. The number of nitriles is 1. The second kappa shape index (κ2) is 9.75. The van der Waals surface area contributed by atoms with E-state index in [-0.39, 0.29) is 5.91 Å². The van der Waals surface area contributed by atoms with E-state index in [1.165, 1.54) is 11.8 Å². The van der Waals surface area contributed by atoms with Crippen molar-refractivity contribution in [1.82, 2.24) is 5.32 Å². The van der Waals surface area contributed by atoms with Crippen LogP contribution < -0.4 is 15.4 Å². The normalized spacial score (nSPS) is 16.0. The summed E-state index contributed by atoms with van der Waals surface area (Å²) in [6, 6.07) is 16.8. The lowest BCUT2D eigenvalue weighted by Gasteiger charge is -2.30. The van der Waals surface area contributed by atoms with E-state index in [0.717, 1.165) is 16.3 Å². The van der Waals surface area contributed by atoms with Crippen LogP contribution >= 0.6 is 23.4 Å². The Balaban J connectivity index is 2.11. The SMILES string of the molecule is CCSC1=C(C#N)[C@H](c2ccccc2Cl)C(C(=O)Nc2ccccc2OC)=C(C)N1. The molecule has 0 aromatic heterocycles. The molecule has 3 rings (SSSR count). The molecule has 2 N–H and O–H groups in total. The third-order valence-electron chi connectivity index (χ3n) is 4.75. The number of nitrogens with zero attached hydrogens (tertiary/aromatic N) is 1. The summed E-state index contributed by atoms with van der Waals surface area (Å²) >= 11 is 8.03. The van der Waals surface area contributed by atoms with Gasteiger partial charge in [-0.1, -0.05) is 48.9 Å². The first-order valence-electron chi connectivity index (χ1n) is 9.45. The van der Waals surface area contributed by atoms with Crippen molar-refractivity contribution in [3.63, 3.8) is 0 Å². The predicted octanol–water partition coefficient (Wildman–Crippen LogP) is 5.44. The second-order valence-corrected chi connectivity index (χ2v) is 8.24. The van der Waals surface area contributed by atoms with Crippen LogP contribution in [-0.4, -0.2) is 18.8 Å². The molecule has 1 amide bonds. The molecular formula is C23H22ClN3O2S. The molecule has 0 aliphatic carbocycles. The molecule has 2 aromatic carbocycles. The average molecular weight is 440 g/mol. The van der Waals surface area contributed by atoms with Crippen molar-refractivity contribution in [1.29, 1.82) is 5.26 Å². The molecule has 1 heterocycles. The summed E-state index contributed by atoms with van der Waals surface area (Å²) in [5.74, 6) is 0.454. The molecule has 0 saturated heterocycles. The molecule has 0 saturated carbocycles. The Labute approximate surface area is 185 Å². The van der Waals surface area contributed by atoms with Crippen LogP contribution in [0.1, 0.15) is 25.3 Å². The molecule has 2 aromatic rings. The van der Waals surface area contributed by atoms with Crippen molar-refractivity contribution in [3.8, 4) is 11.8 Å². The number of methoxy groups -OCH3 is 1.